The number of hydrogen-bond acceptors (Lipinski definition) is 4. The number of benzene rings is 3. The van der Waals surface area contributed by atoms with E-state index in [4.69, 9.17) is 9.47 Å². The topological polar surface area (TPSA) is 59.0 Å². The molecule has 3 aromatic rings. The highest BCUT2D eigenvalue weighted by atomic mass is 16.5. The molecule has 0 radical (unpaired) electrons. The van der Waals surface area contributed by atoms with E-state index in [2.05, 4.69) is 30.3 Å². The number of ether oxygens (including phenoxy) is 2. The zero-order chi connectivity index (χ0) is 26.6. The van der Waals surface area contributed by atoms with Crippen molar-refractivity contribution >= 4 is 5.91 Å². The third-order valence-electron chi connectivity index (χ3n) is 7.16. The number of aryl methyl sites for hydroxylation is 1. The average Bonchev–Trinajstić information content (AvgIpc) is 2.95. The van der Waals surface area contributed by atoms with Crippen molar-refractivity contribution in [2.75, 3.05) is 13.2 Å². The van der Waals surface area contributed by atoms with Gasteiger partial charge in [0.15, 0.2) is 0 Å². The number of aliphatic hydroxyl groups is 1. The normalized spacial score (nSPS) is 17.3. The number of hydrogen-bond donors (Lipinski definition) is 1. The molecule has 5 nitrogen and oxygen atoms in total. The molecule has 0 saturated carbocycles. The summed E-state index contributed by atoms with van der Waals surface area (Å²) in [5, 5.41) is 10.5. The van der Waals surface area contributed by atoms with E-state index in [0.717, 1.165) is 49.0 Å². The van der Waals surface area contributed by atoms with Gasteiger partial charge in [0.25, 0.3) is 0 Å². The third-order valence-corrected chi connectivity index (χ3v) is 7.16. The van der Waals surface area contributed by atoms with Gasteiger partial charge in [-0.25, -0.2) is 0 Å². The summed E-state index contributed by atoms with van der Waals surface area (Å²) in [4.78, 5) is 14.9. The molecule has 5 heteroatoms. The monoisotopic (exact) mass is 515 g/mol. The maximum absolute atomic E-state index is 12.9. The van der Waals surface area contributed by atoms with Crippen LogP contribution in [0.2, 0.25) is 0 Å². The summed E-state index contributed by atoms with van der Waals surface area (Å²) >= 11 is 0. The summed E-state index contributed by atoms with van der Waals surface area (Å²) in [6.07, 6.45) is 6.34. The Morgan fingerprint density at radius 3 is 2.39 bits per heavy atom. The molecule has 1 aliphatic heterocycles. The van der Waals surface area contributed by atoms with E-state index in [0.29, 0.717) is 44.8 Å². The number of likely N-dealkylation sites (tertiary alicyclic amines) is 1. The van der Waals surface area contributed by atoms with E-state index < -0.39 is 6.10 Å². The molecular weight excluding hydrogens is 474 g/mol. The summed E-state index contributed by atoms with van der Waals surface area (Å²) in [6, 6.07) is 26.4. The molecule has 2 atom stereocenters. The molecule has 0 bridgehead atoms. The van der Waals surface area contributed by atoms with Crippen LogP contribution in [0.1, 0.15) is 74.6 Å². The molecule has 1 N–H and O–H groups in total. The fourth-order valence-corrected chi connectivity index (χ4v) is 5.08. The molecular formula is C33H41NO4. The number of rotatable bonds is 13. The first-order valence-electron chi connectivity index (χ1n) is 14.1. The summed E-state index contributed by atoms with van der Waals surface area (Å²) in [6.45, 7) is 3.66. The quantitative estimate of drug-likeness (QED) is 0.252. The Kier molecular flexibility index (Phi) is 10.6. The Morgan fingerprint density at radius 1 is 0.921 bits per heavy atom. The Morgan fingerprint density at radius 2 is 1.66 bits per heavy atom. The Balaban J connectivity index is 1.43. The lowest BCUT2D eigenvalue weighted by Crippen LogP contribution is -2.42. The third kappa shape index (κ3) is 8.09. The van der Waals surface area contributed by atoms with Gasteiger partial charge < -0.3 is 19.5 Å². The summed E-state index contributed by atoms with van der Waals surface area (Å²) < 4.78 is 12.5. The van der Waals surface area contributed by atoms with Crippen LogP contribution >= 0.6 is 0 Å². The smallest absolute Gasteiger partial charge is 0.223 e. The molecule has 1 fully saturated rings. The summed E-state index contributed by atoms with van der Waals surface area (Å²) in [5.41, 5.74) is 3.38. The Labute approximate surface area is 227 Å². The number of aliphatic hydroxyl groups excluding tert-OH is 1. The van der Waals surface area contributed by atoms with E-state index in [1.807, 2.05) is 60.4 Å². The highest BCUT2D eigenvalue weighted by Crippen LogP contribution is 2.39. The predicted molar refractivity (Wildman–Crippen MR) is 151 cm³/mol. The van der Waals surface area contributed by atoms with Crippen molar-refractivity contribution in [3.05, 3.63) is 95.6 Å². The first-order chi connectivity index (χ1) is 18.6. The zero-order valence-corrected chi connectivity index (χ0v) is 22.6. The van der Waals surface area contributed by atoms with Crippen LogP contribution in [0.4, 0.5) is 0 Å². The SMILES string of the molecule is CCCC(=O)N1CCC(O)CC1c1ccc(OCCCCCc2ccccc2)cc1OCc1ccccc1. The van der Waals surface area contributed by atoms with Gasteiger partial charge in [0.05, 0.1) is 18.8 Å². The van der Waals surface area contributed by atoms with Gasteiger partial charge in [0.1, 0.15) is 18.1 Å². The largest absolute Gasteiger partial charge is 0.493 e. The Bertz CT molecular complexity index is 1120. The molecule has 1 aliphatic rings. The number of carbonyl (C=O) groups is 1. The Hall–Kier alpha value is -3.31. The minimum atomic E-state index is -0.431. The maximum Gasteiger partial charge on any atom is 0.223 e. The number of piperidine rings is 1. The second-order valence-corrected chi connectivity index (χ2v) is 10.1. The van der Waals surface area contributed by atoms with E-state index in [1.165, 1.54) is 5.56 Å². The zero-order valence-electron chi connectivity index (χ0n) is 22.6. The van der Waals surface area contributed by atoms with Gasteiger partial charge in [0, 0.05) is 24.6 Å². The molecule has 38 heavy (non-hydrogen) atoms. The summed E-state index contributed by atoms with van der Waals surface area (Å²) in [7, 11) is 0. The van der Waals surface area contributed by atoms with Crippen molar-refractivity contribution in [1.82, 2.24) is 4.90 Å². The van der Waals surface area contributed by atoms with Crippen LogP contribution in [0.25, 0.3) is 0 Å². The van der Waals surface area contributed by atoms with Crippen LogP contribution in [0.3, 0.4) is 0 Å². The average molecular weight is 516 g/mol. The number of carbonyl (C=O) groups excluding carboxylic acids is 1. The lowest BCUT2D eigenvalue weighted by atomic mass is 9.92. The molecule has 1 saturated heterocycles. The van der Waals surface area contributed by atoms with Crippen molar-refractivity contribution in [1.29, 1.82) is 0 Å². The number of unbranched alkanes of at least 4 members (excludes halogenated alkanes) is 2. The van der Waals surface area contributed by atoms with Gasteiger partial charge in [-0.2, -0.15) is 0 Å². The lowest BCUT2D eigenvalue weighted by molar-refractivity contribution is -0.136. The van der Waals surface area contributed by atoms with E-state index in [9.17, 15) is 9.90 Å². The minimum absolute atomic E-state index is 0.134. The van der Waals surface area contributed by atoms with Crippen molar-refractivity contribution in [3.8, 4) is 11.5 Å². The van der Waals surface area contributed by atoms with Gasteiger partial charge in [-0.1, -0.05) is 67.6 Å². The fraction of sp³-hybridized carbons (Fsp3) is 0.424. The van der Waals surface area contributed by atoms with Gasteiger partial charge in [-0.3, -0.25) is 4.79 Å². The molecule has 202 valence electrons. The molecule has 0 aliphatic carbocycles. The fourth-order valence-electron chi connectivity index (χ4n) is 5.08. The van der Waals surface area contributed by atoms with Gasteiger partial charge in [-0.15, -0.1) is 0 Å². The van der Waals surface area contributed by atoms with Crippen molar-refractivity contribution in [2.24, 2.45) is 0 Å². The number of amides is 1. The highest BCUT2D eigenvalue weighted by Gasteiger charge is 2.33. The standard InChI is InChI=1S/C33H41NO4/c1-2-12-33(36)34-21-20-28(35)23-31(34)30-19-18-29(24-32(30)38-25-27-16-8-4-9-17-27)37-22-11-5-10-15-26-13-6-3-7-14-26/h3-4,6-9,13-14,16-19,24,28,31,35H,2,5,10-12,15,20-23,25H2,1H3. The molecule has 1 amide bonds. The number of nitrogens with zero attached hydrogens (tertiary/aromatic N) is 1. The van der Waals surface area contributed by atoms with Crippen LogP contribution in [0, 0.1) is 0 Å². The van der Waals surface area contributed by atoms with Crippen LogP contribution < -0.4 is 9.47 Å². The van der Waals surface area contributed by atoms with E-state index >= 15 is 0 Å². The van der Waals surface area contributed by atoms with Crippen LogP contribution in [-0.2, 0) is 17.8 Å². The van der Waals surface area contributed by atoms with E-state index in [1.54, 1.807) is 0 Å². The molecule has 0 spiro atoms. The molecule has 3 aromatic carbocycles. The maximum atomic E-state index is 12.9. The van der Waals surface area contributed by atoms with Gasteiger partial charge >= 0.3 is 0 Å². The molecule has 0 aromatic heterocycles. The van der Waals surface area contributed by atoms with Crippen LogP contribution in [-0.4, -0.2) is 35.2 Å². The van der Waals surface area contributed by atoms with Crippen molar-refractivity contribution in [2.45, 2.75) is 77.0 Å². The summed E-state index contributed by atoms with van der Waals surface area (Å²) in [5.74, 6) is 1.61. The molecule has 1 heterocycles. The second kappa shape index (κ2) is 14.6. The minimum Gasteiger partial charge on any atom is -0.493 e. The van der Waals surface area contributed by atoms with E-state index in [-0.39, 0.29) is 11.9 Å². The van der Waals surface area contributed by atoms with Crippen molar-refractivity contribution < 1.29 is 19.4 Å². The van der Waals surface area contributed by atoms with Gasteiger partial charge in [-0.05, 0) is 68.2 Å². The predicted octanol–water partition coefficient (Wildman–Crippen LogP) is 6.88. The van der Waals surface area contributed by atoms with Crippen LogP contribution in [0.5, 0.6) is 11.5 Å². The highest BCUT2D eigenvalue weighted by molar-refractivity contribution is 5.77. The van der Waals surface area contributed by atoms with Crippen LogP contribution in [0.15, 0.2) is 78.9 Å². The van der Waals surface area contributed by atoms with Gasteiger partial charge in [0.2, 0.25) is 5.91 Å². The first-order valence-corrected chi connectivity index (χ1v) is 14.1. The van der Waals surface area contributed by atoms with Crippen molar-refractivity contribution in [3.63, 3.8) is 0 Å². The lowest BCUT2D eigenvalue weighted by Gasteiger charge is -2.39. The second-order valence-electron chi connectivity index (χ2n) is 10.1. The molecule has 2 unspecified atom stereocenters. The first kappa shape index (κ1) is 27.7. The molecule has 4 rings (SSSR count).